The Morgan fingerprint density at radius 1 is 1.35 bits per heavy atom. The van der Waals surface area contributed by atoms with Crippen LogP contribution in [0, 0.1) is 0 Å². The van der Waals surface area contributed by atoms with E-state index in [4.69, 9.17) is 4.74 Å². The number of nitrogens with zero attached hydrogens (tertiary/aromatic N) is 3. The lowest BCUT2D eigenvalue weighted by molar-refractivity contribution is 0.0928. The number of Topliss-reactive ketones (excluding diaryl/α,β-unsaturated/α-hetero) is 1. The predicted octanol–water partition coefficient (Wildman–Crippen LogP) is 1.73. The lowest BCUT2D eigenvalue weighted by atomic mass is 10.1. The van der Waals surface area contributed by atoms with Gasteiger partial charge < -0.3 is 4.74 Å². The summed E-state index contributed by atoms with van der Waals surface area (Å²) in [5, 5.41) is 3.96. The smallest absolute Gasteiger partial charge is 0.187 e. The summed E-state index contributed by atoms with van der Waals surface area (Å²) in [7, 11) is 1.59. The van der Waals surface area contributed by atoms with Gasteiger partial charge in [0.25, 0.3) is 0 Å². The van der Waals surface area contributed by atoms with E-state index in [0.29, 0.717) is 5.56 Å². The summed E-state index contributed by atoms with van der Waals surface area (Å²) in [5.74, 6) is 0.730. The average molecular weight is 231 g/mol. The van der Waals surface area contributed by atoms with Crippen molar-refractivity contribution in [1.29, 1.82) is 0 Å². The van der Waals surface area contributed by atoms with Crippen molar-refractivity contribution in [2.75, 3.05) is 7.11 Å². The highest BCUT2D eigenvalue weighted by Crippen LogP contribution is 2.16. The van der Waals surface area contributed by atoms with Crippen LogP contribution < -0.4 is 4.74 Å². The molecule has 0 fully saturated rings. The Hall–Kier alpha value is -2.17. The van der Waals surface area contributed by atoms with Crippen molar-refractivity contribution in [1.82, 2.24) is 14.8 Å². The van der Waals surface area contributed by atoms with E-state index in [-0.39, 0.29) is 11.8 Å². The number of carbonyl (C=O) groups excluding carboxylic acids is 1. The van der Waals surface area contributed by atoms with Crippen molar-refractivity contribution in [2.45, 2.75) is 13.0 Å². The zero-order valence-corrected chi connectivity index (χ0v) is 9.70. The Balaban J connectivity index is 2.19. The van der Waals surface area contributed by atoms with Crippen LogP contribution in [-0.2, 0) is 0 Å². The van der Waals surface area contributed by atoms with Gasteiger partial charge in [-0.25, -0.2) is 9.67 Å². The third-order valence-corrected chi connectivity index (χ3v) is 2.59. The van der Waals surface area contributed by atoms with Crippen molar-refractivity contribution in [2.24, 2.45) is 0 Å². The molecule has 0 aliphatic carbocycles. The molecule has 0 saturated heterocycles. The number of rotatable bonds is 4. The van der Waals surface area contributed by atoms with Crippen molar-refractivity contribution in [3.63, 3.8) is 0 Å². The maximum atomic E-state index is 12.1. The van der Waals surface area contributed by atoms with E-state index in [2.05, 4.69) is 10.1 Å². The molecule has 0 amide bonds. The highest BCUT2D eigenvalue weighted by atomic mass is 16.5. The highest BCUT2D eigenvalue weighted by Gasteiger charge is 2.17. The molecule has 0 aliphatic rings. The van der Waals surface area contributed by atoms with Gasteiger partial charge in [0, 0.05) is 5.56 Å². The van der Waals surface area contributed by atoms with Crippen LogP contribution in [0.4, 0.5) is 0 Å². The van der Waals surface area contributed by atoms with Gasteiger partial charge in [0.2, 0.25) is 0 Å². The SMILES string of the molecule is COc1ccc(C(=O)C(C)n2cncn2)cc1. The van der Waals surface area contributed by atoms with Gasteiger partial charge in [-0.2, -0.15) is 5.10 Å². The first kappa shape index (κ1) is 11.3. The topological polar surface area (TPSA) is 57.0 Å². The van der Waals surface area contributed by atoms with Gasteiger partial charge in [0.1, 0.15) is 24.4 Å². The molecule has 1 unspecified atom stereocenters. The molecule has 5 heteroatoms. The summed E-state index contributed by atoms with van der Waals surface area (Å²) in [6.45, 7) is 1.79. The Morgan fingerprint density at radius 2 is 2.06 bits per heavy atom. The molecular weight excluding hydrogens is 218 g/mol. The Labute approximate surface area is 99.1 Å². The van der Waals surface area contributed by atoms with E-state index in [1.54, 1.807) is 38.3 Å². The van der Waals surface area contributed by atoms with Gasteiger partial charge in [-0.3, -0.25) is 4.79 Å². The molecule has 2 rings (SSSR count). The van der Waals surface area contributed by atoms with Gasteiger partial charge in [-0.15, -0.1) is 0 Å². The fraction of sp³-hybridized carbons (Fsp3) is 0.250. The standard InChI is InChI=1S/C12H13N3O2/c1-9(15-8-13-7-14-15)12(16)10-3-5-11(17-2)6-4-10/h3-9H,1-2H3. The van der Waals surface area contributed by atoms with E-state index in [1.807, 2.05) is 0 Å². The van der Waals surface area contributed by atoms with E-state index < -0.39 is 0 Å². The molecule has 0 bridgehead atoms. The molecule has 0 spiro atoms. The number of benzene rings is 1. The molecule has 5 nitrogen and oxygen atoms in total. The quantitative estimate of drug-likeness (QED) is 0.752. The van der Waals surface area contributed by atoms with Gasteiger partial charge in [0.15, 0.2) is 5.78 Å². The predicted molar refractivity (Wildman–Crippen MR) is 62.1 cm³/mol. The molecule has 1 atom stereocenters. The van der Waals surface area contributed by atoms with Crippen LogP contribution in [0.15, 0.2) is 36.9 Å². The average Bonchev–Trinajstić information content (AvgIpc) is 2.91. The number of hydrogen-bond donors (Lipinski definition) is 0. The van der Waals surface area contributed by atoms with Crippen LogP contribution in [0.5, 0.6) is 5.75 Å². The van der Waals surface area contributed by atoms with Gasteiger partial charge in [-0.1, -0.05) is 0 Å². The minimum absolute atomic E-state index is 0.00171. The van der Waals surface area contributed by atoms with E-state index >= 15 is 0 Å². The lowest BCUT2D eigenvalue weighted by Crippen LogP contribution is -2.17. The van der Waals surface area contributed by atoms with Crippen LogP contribution in [0.2, 0.25) is 0 Å². The van der Waals surface area contributed by atoms with Gasteiger partial charge in [-0.05, 0) is 31.2 Å². The molecule has 1 heterocycles. The van der Waals surface area contributed by atoms with E-state index in [9.17, 15) is 4.79 Å². The molecular formula is C12H13N3O2. The third-order valence-electron chi connectivity index (χ3n) is 2.59. The third kappa shape index (κ3) is 2.33. The number of aromatic nitrogens is 3. The van der Waals surface area contributed by atoms with Crippen LogP contribution in [-0.4, -0.2) is 27.7 Å². The van der Waals surface area contributed by atoms with E-state index in [1.165, 1.54) is 17.3 Å². The molecule has 1 aromatic carbocycles. The second-order valence-electron chi connectivity index (χ2n) is 3.64. The van der Waals surface area contributed by atoms with Crippen molar-refractivity contribution in [3.05, 3.63) is 42.5 Å². The first-order valence-corrected chi connectivity index (χ1v) is 5.24. The molecule has 0 N–H and O–H groups in total. The van der Waals surface area contributed by atoms with Gasteiger partial charge >= 0.3 is 0 Å². The molecule has 88 valence electrons. The van der Waals surface area contributed by atoms with Crippen LogP contribution in [0.25, 0.3) is 0 Å². The van der Waals surface area contributed by atoms with Gasteiger partial charge in [0.05, 0.1) is 7.11 Å². The molecule has 0 radical (unpaired) electrons. The summed E-state index contributed by atoms with van der Waals surface area (Å²) in [6.07, 6.45) is 2.95. The van der Waals surface area contributed by atoms with Crippen molar-refractivity contribution >= 4 is 5.78 Å². The first-order valence-electron chi connectivity index (χ1n) is 5.24. The Bertz CT molecular complexity index is 491. The molecule has 0 aliphatic heterocycles. The molecule has 2 aromatic rings. The number of ether oxygens (including phenoxy) is 1. The van der Waals surface area contributed by atoms with Crippen molar-refractivity contribution in [3.8, 4) is 5.75 Å². The highest BCUT2D eigenvalue weighted by molar-refractivity contribution is 5.98. The maximum absolute atomic E-state index is 12.1. The number of carbonyl (C=O) groups is 1. The largest absolute Gasteiger partial charge is 0.497 e. The normalized spacial score (nSPS) is 12.1. The zero-order chi connectivity index (χ0) is 12.3. The minimum Gasteiger partial charge on any atom is -0.497 e. The molecule has 17 heavy (non-hydrogen) atoms. The van der Waals surface area contributed by atoms with Crippen LogP contribution in [0.3, 0.4) is 0 Å². The summed E-state index contributed by atoms with van der Waals surface area (Å²) in [6, 6.07) is 6.66. The summed E-state index contributed by atoms with van der Waals surface area (Å²) in [4.78, 5) is 15.9. The van der Waals surface area contributed by atoms with E-state index in [0.717, 1.165) is 5.75 Å². The Kier molecular flexibility index (Phi) is 3.18. The number of hydrogen-bond acceptors (Lipinski definition) is 4. The first-order chi connectivity index (χ1) is 8.22. The van der Waals surface area contributed by atoms with Crippen molar-refractivity contribution < 1.29 is 9.53 Å². The summed E-state index contributed by atoms with van der Waals surface area (Å²) in [5.41, 5.74) is 0.633. The fourth-order valence-corrected chi connectivity index (χ4v) is 1.53. The second kappa shape index (κ2) is 4.78. The summed E-state index contributed by atoms with van der Waals surface area (Å²) < 4.78 is 6.58. The maximum Gasteiger partial charge on any atom is 0.187 e. The zero-order valence-electron chi connectivity index (χ0n) is 9.70. The lowest BCUT2D eigenvalue weighted by Gasteiger charge is -2.10. The van der Waals surface area contributed by atoms with Crippen LogP contribution >= 0.6 is 0 Å². The fourth-order valence-electron chi connectivity index (χ4n) is 1.53. The second-order valence-corrected chi connectivity index (χ2v) is 3.64. The summed E-state index contributed by atoms with van der Waals surface area (Å²) >= 11 is 0. The monoisotopic (exact) mass is 231 g/mol. The van der Waals surface area contributed by atoms with Crippen LogP contribution in [0.1, 0.15) is 23.3 Å². The molecule has 0 saturated carbocycles. The molecule has 1 aromatic heterocycles. The number of methoxy groups -OCH3 is 1. The Morgan fingerprint density at radius 3 is 2.59 bits per heavy atom. The number of ketones is 1. The minimum atomic E-state index is -0.356.